The van der Waals surface area contributed by atoms with Crippen molar-refractivity contribution in [3.8, 4) is 0 Å². The van der Waals surface area contributed by atoms with Gasteiger partial charge in [-0.05, 0) is 48.8 Å². The van der Waals surface area contributed by atoms with Gasteiger partial charge in [-0.15, -0.1) is 0 Å². The van der Waals surface area contributed by atoms with Crippen LogP contribution < -0.4 is 0 Å². The Kier molecular flexibility index (Phi) is 3.53. The quantitative estimate of drug-likeness (QED) is 0.761. The number of benzene rings is 2. The predicted octanol–water partition coefficient (Wildman–Crippen LogP) is 3.93. The molecular weight excluding hydrogens is 256 g/mol. The fourth-order valence-corrected chi connectivity index (χ4v) is 2.97. The van der Waals surface area contributed by atoms with Gasteiger partial charge in [-0.3, -0.25) is 0 Å². The van der Waals surface area contributed by atoms with Gasteiger partial charge in [0.05, 0.1) is 0 Å². The van der Waals surface area contributed by atoms with E-state index in [4.69, 9.17) is 0 Å². The van der Waals surface area contributed by atoms with Gasteiger partial charge in [0.15, 0.2) is 11.6 Å². The fourth-order valence-electron chi connectivity index (χ4n) is 2.97. The SMILES string of the molecule is CN1CCC(c2ccc(F)c(F)c2)c2ccccc2C1. The summed E-state index contributed by atoms with van der Waals surface area (Å²) in [6.45, 7) is 1.84. The summed E-state index contributed by atoms with van der Waals surface area (Å²) in [7, 11) is 2.09. The summed E-state index contributed by atoms with van der Waals surface area (Å²) in [5.74, 6) is -1.42. The van der Waals surface area contributed by atoms with Crippen LogP contribution in [0.5, 0.6) is 0 Å². The largest absolute Gasteiger partial charge is 0.302 e. The Morgan fingerprint density at radius 2 is 1.85 bits per heavy atom. The molecule has 1 aliphatic heterocycles. The lowest BCUT2D eigenvalue weighted by atomic mass is 9.86. The molecule has 1 atom stereocenters. The Morgan fingerprint density at radius 3 is 2.65 bits per heavy atom. The molecule has 1 aliphatic rings. The molecule has 0 bridgehead atoms. The molecule has 104 valence electrons. The molecule has 0 fully saturated rings. The topological polar surface area (TPSA) is 3.24 Å². The first-order valence-corrected chi connectivity index (χ1v) is 6.86. The molecule has 2 aromatic carbocycles. The molecule has 1 unspecified atom stereocenters. The second-order valence-corrected chi connectivity index (χ2v) is 5.45. The van der Waals surface area contributed by atoms with Gasteiger partial charge in [-0.1, -0.05) is 30.3 Å². The predicted molar refractivity (Wildman–Crippen MR) is 75.6 cm³/mol. The molecule has 0 spiro atoms. The molecule has 0 radical (unpaired) electrons. The van der Waals surface area contributed by atoms with Gasteiger partial charge in [0.25, 0.3) is 0 Å². The summed E-state index contributed by atoms with van der Waals surface area (Å²) in [6, 6.07) is 12.5. The molecular formula is C17H17F2N. The summed E-state index contributed by atoms with van der Waals surface area (Å²) >= 11 is 0. The Hall–Kier alpha value is -1.74. The average Bonchev–Trinajstić information content (AvgIpc) is 2.60. The maximum Gasteiger partial charge on any atom is 0.159 e. The lowest BCUT2D eigenvalue weighted by Crippen LogP contribution is -2.17. The van der Waals surface area contributed by atoms with E-state index in [-0.39, 0.29) is 5.92 Å². The molecule has 3 heteroatoms. The Balaban J connectivity index is 2.06. The van der Waals surface area contributed by atoms with Gasteiger partial charge in [0, 0.05) is 12.5 Å². The van der Waals surface area contributed by atoms with E-state index in [0.29, 0.717) is 0 Å². The number of rotatable bonds is 1. The van der Waals surface area contributed by atoms with Crippen molar-refractivity contribution in [2.24, 2.45) is 0 Å². The minimum absolute atomic E-state index is 0.131. The summed E-state index contributed by atoms with van der Waals surface area (Å²) in [4.78, 5) is 2.26. The fraction of sp³-hybridized carbons (Fsp3) is 0.294. The molecule has 20 heavy (non-hydrogen) atoms. The van der Waals surface area contributed by atoms with Crippen LogP contribution in [0.4, 0.5) is 8.78 Å². The molecule has 0 aromatic heterocycles. The van der Waals surface area contributed by atoms with Crippen molar-refractivity contribution in [1.29, 1.82) is 0 Å². The van der Waals surface area contributed by atoms with Gasteiger partial charge in [-0.25, -0.2) is 8.78 Å². The van der Waals surface area contributed by atoms with Gasteiger partial charge >= 0.3 is 0 Å². The first-order chi connectivity index (χ1) is 9.65. The zero-order valence-corrected chi connectivity index (χ0v) is 11.4. The van der Waals surface area contributed by atoms with Crippen LogP contribution in [-0.4, -0.2) is 18.5 Å². The van der Waals surface area contributed by atoms with Crippen molar-refractivity contribution in [2.45, 2.75) is 18.9 Å². The Labute approximate surface area is 117 Å². The molecule has 3 rings (SSSR count). The molecule has 0 aliphatic carbocycles. The Bertz CT molecular complexity index is 624. The van der Waals surface area contributed by atoms with Crippen LogP contribution in [0.1, 0.15) is 29.0 Å². The average molecular weight is 273 g/mol. The number of hydrogen-bond donors (Lipinski definition) is 0. The number of nitrogens with zero attached hydrogens (tertiary/aromatic N) is 1. The van der Waals surface area contributed by atoms with Gasteiger partial charge in [0.1, 0.15) is 0 Å². The number of halogens is 2. The highest BCUT2D eigenvalue weighted by Gasteiger charge is 2.22. The highest BCUT2D eigenvalue weighted by atomic mass is 19.2. The number of hydrogen-bond acceptors (Lipinski definition) is 1. The van der Waals surface area contributed by atoms with Crippen molar-refractivity contribution >= 4 is 0 Å². The van der Waals surface area contributed by atoms with Crippen LogP contribution in [0, 0.1) is 11.6 Å². The second kappa shape index (κ2) is 5.33. The van der Waals surface area contributed by atoms with E-state index in [1.807, 2.05) is 12.1 Å². The lowest BCUT2D eigenvalue weighted by Gasteiger charge is -2.18. The minimum atomic E-state index is -0.784. The molecule has 0 saturated carbocycles. The van der Waals surface area contributed by atoms with Crippen molar-refractivity contribution in [2.75, 3.05) is 13.6 Å². The first kappa shape index (κ1) is 13.3. The molecule has 2 aromatic rings. The van der Waals surface area contributed by atoms with Crippen LogP contribution in [0.15, 0.2) is 42.5 Å². The summed E-state index contributed by atoms with van der Waals surface area (Å²) in [5, 5.41) is 0. The van der Waals surface area contributed by atoms with E-state index in [2.05, 4.69) is 24.1 Å². The van der Waals surface area contributed by atoms with E-state index in [0.717, 1.165) is 25.1 Å². The summed E-state index contributed by atoms with van der Waals surface area (Å²) in [5.41, 5.74) is 3.34. The first-order valence-electron chi connectivity index (χ1n) is 6.86. The Morgan fingerprint density at radius 1 is 1.05 bits per heavy atom. The number of fused-ring (bicyclic) bond motifs is 1. The van der Waals surface area contributed by atoms with Crippen LogP contribution in [0.2, 0.25) is 0 Å². The monoisotopic (exact) mass is 273 g/mol. The van der Waals surface area contributed by atoms with E-state index in [1.54, 1.807) is 6.07 Å². The maximum absolute atomic E-state index is 13.5. The van der Waals surface area contributed by atoms with Crippen molar-refractivity contribution < 1.29 is 8.78 Å². The highest BCUT2D eigenvalue weighted by Crippen LogP contribution is 2.34. The summed E-state index contributed by atoms with van der Waals surface area (Å²) in [6.07, 6.45) is 0.915. The zero-order chi connectivity index (χ0) is 14.1. The lowest BCUT2D eigenvalue weighted by molar-refractivity contribution is 0.328. The van der Waals surface area contributed by atoms with Crippen LogP contribution in [-0.2, 0) is 6.54 Å². The van der Waals surface area contributed by atoms with Crippen LogP contribution in [0.25, 0.3) is 0 Å². The highest BCUT2D eigenvalue weighted by molar-refractivity contribution is 5.39. The minimum Gasteiger partial charge on any atom is -0.302 e. The van der Waals surface area contributed by atoms with Gasteiger partial charge in [0.2, 0.25) is 0 Å². The van der Waals surface area contributed by atoms with Crippen molar-refractivity contribution in [3.63, 3.8) is 0 Å². The molecule has 0 N–H and O–H groups in total. The van der Waals surface area contributed by atoms with Crippen LogP contribution in [0.3, 0.4) is 0 Å². The third kappa shape index (κ3) is 2.46. The molecule has 0 amide bonds. The van der Waals surface area contributed by atoms with E-state index in [1.165, 1.54) is 23.3 Å². The third-order valence-corrected chi connectivity index (χ3v) is 4.02. The summed E-state index contributed by atoms with van der Waals surface area (Å²) < 4.78 is 26.6. The van der Waals surface area contributed by atoms with E-state index < -0.39 is 11.6 Å². The normalized spacial score (nSPS) is 19.4. The van der Waals surface area contributed by atoms with Crippen molar-refractivity contribution in [1.82, 2.24) is 4.90 Å². The standard InChI is InChI=1S/C17H17F2N/c1-20-9-8-15(12-6-7-16(18)17(19)10-12)14-5-3-2-4-13(14)11-20/h2-7,10,15H,8-9,11H2,1H3. The van der Waals surface area contributed by atoms with Gasteiger partial charge in [-0.2, -0.15) is 0 Å². The van der Waals surface area contributed by atoms with Crippen molar-refractivity contribution in [3.05, 3.63) is 70.8 Å². The van der Waals surface area contributed by atoms with E-state index >= 15 is 0 Å². The third-order valence-electron chi connectivity index (χ3n) is 4.02. The molecule has 0 saturated heterocycles. The van der Waals surface area contributed by atoms with Gasteiger partial charge < -0.3 is 4.90 Å². The van der Waals surface area contributed by atoms with Crippen LogP contribution >= 0.6 is 0 Å². The van der Waals surface area contributed by atoms with E-state index in [9.17, 15) is 8.78 Å². The molecule has 1 nitrogen and oxygen atoms in total. The zero-order valence-electron chi connectivity index (χ0n) is 11.4. The smallest absolute Gasteiger partial charge is 0.159 e. The second-order valence-electron chi connectivity index (χ2n) is 5.45. The maximum atomic E-state index is 13.5. The molecule has 1 heterocycles.